The summed E-state index contributed by atoms with van der Waals surface area (Å²) in [6.07, 6.45) is 10.2. The Balaban J connectivity index is 3.93. The fourth-order valence-corrected chi connectivity index (χ4v) is 1.04. The highest BCUT2D eigenvalue weighted by Crippen LogP contribution is 2.12. The van der Waals surface area contributed by atoms with Crippen LogP contribution in [0.25, 0.3) is 0 Å². The molecule has 0 aliphatic heterocycles. The van der Waals surface area contributed by atoms with Crippen molar-refractivity contribution in [1.82, 2.24) is 0 Å². The standard InChI is InChI=1S/C12H20O/c1-4-5-6-8-11(2)12(3)9-7-10-13/h6,8-11H,4-5,7H2,1-3H3. The molecule has 0 rings (SSSR count). The van der Waals surface area contributed by atoms with Gasteiger partial charge in [0.1, 0.15) is 6.29 Å². The molecular weight excluding hydrogens is 160 g/mol. The Morgan fingerprint density at radius 1 is 1.46 bits per heavy atom. The van der Waals surface area contributed by atoms with Gasteiger partial charge in [0.25, 0.3) is 0 Å². The molecule has 1 heteroatoms. The first kappa shape index (κ1) is 12.2. The van der Waals surface area contributed by atoms with Crippen LogP contribution in [0.1, 0.15) is 40.0 Å². The van der Waals surface area contributed by atoms with Crippen LogP contribution in [0.5, 0.6) is 0 Å². The molecule has 0 bridgehead atoms. The Kier molecular flexibility index (Phi) is 7.27. The molecule has 13 heavy (non-hydrogen) atoms. The maximum atomic E-state index is 10.1. The van der Waals surface area contributed by atoms with Crippen LogP contribution in [0, 0.1) is 5.92 Å². The Hall–Kier alpha value is -0.850. The lowest BCUT2D eigenvalue weighted by molar-refractivity contribution is -0.107. The zero-order chi connectivity index (χ0) is 10.1. The van der Waals surface area contributed by atoms with Gasteiger partial charge >= 0.3 is 0 Å². The van der Waals surface area contributed by atoms with Gasteiger partial charge in [0, 0.05) is 6.42 Å². The summed E-state index contributed by atoms with van der Waals surface area (Å²) in [5.41, 5.74) is 1.28. The highest BCUT2D eigenvalue weighted by atomic mass is 16.1. The maximum absolute atomic E-state index is 10.1. The van der Waals surface area contributed by atoms with Gasteiger partial charge in [0.2, 0.25) is 0 Å². The van der Waals surface area contributed by atoms with Crippen molar-refractivity contribution in [2.24, 2.45) is 5.92 Å². The molecule has 0 saturated heterocycles. The molecule has 0 aliphatic carbocycles. The van der Waals surface area contributed by atoms with Crippen LogP contribution in [-0.4, -0.2) is 6.29 Å². The van der Waals surface area contributed by atoms with Crippen molar-refractivity contribution >= 4 is 6.29 Å². The van der Waals surface area contributed by atoms with Gasteiger partial charge in [-0.15, -0.1) is 0 Å². The quantitative estimate of drug-likeness (QED) is 0.451. The van der Waals surface area contributed by atoms with Crippen LogP contribution < -0.4 is 0 Å². The minimum absolute atomic E-state index is 0.464. The Morgan fingerprint density at radius 3 is 2.69 bits per heavy atom. The molecule has 74 valence electrons. The summed E-state index contributed by atoms with van der Waals surface area (Å²) in [5, 5.41) is 0. The van der Waals surface area contributed by atoms with Crippen molar-refractivity contribution in [3.05, 3.63) is 23.8 Å². The number of allylic oxidation sites excluding steroid dienone is 4. The summed E-state index contributed by atoms with van der Waals surface area (Å²) < 4.78 is 0. The lowest BCUT2D eigenvalue weighted by Gasteiger charge is -2.05. The maximum Gasteiger partial charge on any atom is 0.123 e. The van der Waals surface area contributed by atoms with Crippen molar-refractivity contribution in [2.75, 3.05) is 0 Å². The number of rotatable bonds is 6. The summed E-state index contributed by atoms with van der Waals surface area (Å²) in [6, 6.07) is 0. The first-order chi connectivity index (χ1) is 6.22. The van der Waals surface area contributed by atoms with E-state index in [1.165, 1.54) is 12.0 Å². The van der Waals surface area contributed by atoms with Gasteiger partial charge in [-0.3, -0.25) is 0 Å². The molecule has 0 aromatic carbocycles. The molecule has 0 amide bonds. The average Bonchev–Trinajstić information content (AvgIpc) is 2.14. The fraction of sp³-hybridized carbons (Fsp3) is 0.583. The summed E-state index contributed by atoms with van der Waals surface area (Å²) in [7, 11) is 0. The lowest BCUT2D eigenvalue weighted by atomic mass is 10.0. The molecule has 1 nitrogen and oxygen atoms in total. The molecule has 1 unspecified atom stereocenters. The van der Waals surface area contributed by atoms with E-state index in [-0.39, 0.29) is 0 Å². The molecule has 1 atom stereocenters. The largest absolute Gasteiger partial charge is 0.303 e. The van der Waals surface area contributed by atoms with Gasteiger partial charge in [-0.2, -0.15) is 0 Å². The second-order valence-electron chi connectivity index (χ2n) is 3.36. The van der Waals surface area contributed by atoms with E-state index in [1.807, 2.05) is 6.08 Å². The number of unbranched alkanes of at least 4 members (excludes halogenated alkanes) is 1. The molecule has 0 aromatic heterocycles. The van der Waals surface area contributed by atoms with Crippen molar-refractivity contribution in [1.29, 1.82) is 0 Å². The Morgan fingerprint density at radius 2 is 2.15 bits per heavy atom. The van der Waals surface area contributed by atoms with Gasteiger partial charge in [0.05, 0.1) is 0 Å². The van der Waals surface area contributed by atoms with E-state index < -0.39 is 0 Å². The summed E-state index contributed by atoms with van der Waals surface area (Å²) >= 11 is 0. The first-order valence-corrected chi connectivity index (χ1v) is 4.99. The smallest absolute Gasteiger partial charge is 0.123 e. The van der Waals surface area contributed by atoms with E-state index >= 15 is 0 Å². The van der Waals surface area contributed by atoms with Crippen LogP contribution in [0.3, 0.4) is 0 Å². The van der Waals surface area contributed by atoms with E-state index in [4.69, 9.17) is 0 Å². The molecule has 0 spiro atoms. The van der Waals surface area contributed by atoms with Crippen molar-refractivity contribution in [3.63, 3.8) is 0 Å². The number of hydrogen-bond acceptors (Lipinski definition) is 1. The van der Waals surface area contributed by atoms with Gasteiger partial charge in [-0.1, -0.05) is 44.1 Å². The highest BCUT2D eigenvalue weighted by molar-refractivity contribution is 5.52. The lowest BCUT2D eigenvalue weighted by Crippen LogP contribution is -1.91. The normalized spacial score (nSPS) is 14.8. The minimum atomic E-state index is 0.464. The summed E-state index contributed by atoms with van der Waals surface area (Å²) in [5.74, 6) is 0.464. The van der Waals surface area contributed by atoms with Gasteiger partial charge in [0.15, 0.2) is 0 Å². The highest BCUT2D eigenvalue weighted by Gasteiger charge is 1.97. The topological polar surface area (TPSA) is 17.1 Å². The molecule has 0 aliphatic rings. The van der Waals surface area contributed by atoms with E-state index in [0.29, 0.717) is 12.3 Å². The number of aldehydes is 1. The summed E-state index contributed by atoms with van der Waals surface area (Å²) in [6.45, 7) is 6.40. The second kappa shape index (κ2) is 7.78. The molecule has 0 radical (unpaired) electrons. The van der Waals surface area contributed by atoms with Gasteiger partial charge < -0.3 is 4.79 Å². The van der Waals surface area contributed by atoms with Crippen LogP contribution in [0.2, 0.25) is 0 Å². The van der Waals surface area contributed by atoms with E-state index in [0.717, 1.165) is 12.7 Å². The third-order valence-electron chi connectivity index (χ3n) is 2.13. The third-order valence-corrected chi connectivity index (χ3v) is 2.13. The first-order valence-electron chi connectivity index (χ1n) is 4.99. The molecule has 0 heterocycles. The van der Waals surface area contributed by atoms with Gasteiger partial charge in [-0.25, -0.2) is 0 Å². The minimum Gasteiger partial charge on any atom is -0.303 e. The molecule has 0 aromatic rings. The van der Waals surface area contributed by atoms with Crippen molar-refractivity contribution in [2.45, 2.75) is 40.0 Å². The SMILES string of the molecule is CCCC=CC(C)C(C)=CCC=O. The zero-order valence-electron chi connectivity index (χ0n) is 8.92. The average molecular weight is 180 g/mol. The predicted molar refractivity (Wildman–Crippen MR) is 57.7 cm³/mol. The second-order valence-corrected chi connectivity index (χ2v) is 3.36. The number of carbonyl (C=O) groups excluding carboxylic acids is 1. The predicted octanol–water partition coefficient (Wildman–Crippen LogP) is 3.51. The zero-order valence-corrected chi connectivity index (χ0v) is 8.92. The molecule has 0 saturated carbocycles. The van der Waals surface area contributed by atoms with E-state index in [2.05, 4.69) is 32.9 Å². The molecule has 0 fully saturated rings. The molecular formula is C12H20O. The number of hydrogen-bond donors (Lipinski definition) is 0. The third kappa shape index (κ3) is 6.32. The Labute approximate surface area is 81.5 Å². The monoisotopic (exact) mass is 180 g/mol. The van der Waals surface area contributed by atoms with Crippen LogP contribution >= 0.6 is 0 Å². The number of carbonyl (C=O) groups is 1. The van der Waals surface area contributed by atoms with E-state index in [1.54, 1.807) is 0 Å². The summed E-state index contributed by atoms with van der Waals surface area (Å²) in [4.78, 5) is 10.1. The van der Waals surface area contributed by atoms with Crippen LogP contribution in [0.4, 0.5) is 0 Å². The fourth-order valence-electron chi connectivity index (χ4n) is 1.04. The van der Waals surface area contributed by atoms with Gasteiger partial charge in [-0.05, 0) is 19.3 Å². The van der Waals surface area contributed by atoms with Crippen LogP contribution in [0.15, 0.2) is 23.8 Å². The van der Waals surface area contributed by atoms with E-state index in [9.17, 15) is 4.79 Å². The van der Waals surface area contributed by atoms with Crippen molar-refractivity contribution < 1.29 is 4.79 Å². The Bertz CT molecular complexity index is 189. The molecule has 0 N–H and O–H groups in total. The van der Waals surface area contributed by atoms with Crippen molar-refractivity contribution in [3.8, 4) is 0 Å². The van der Waals surface area contributed by atoms with Crippen LogP contribution in [-0.2, 0) is 4.79 Å².